The highest BCUT2D eigenvalue weighted by molar-refractivity contribution is 7.17. The largest absolute Gasteiger partial charge is 0.135 e. The maximum Gasteiger partial charge on any atom is -0.0293 e. The molecule has 0 bridgehead atoms. The average Bonchev–Trinajstić information content (AvgIpc) is 1.61. The molecule has 0 N–H and O–H groups in total. The molecule has 0 saturated heterocycles. The van der Waals surface area contributed by atoms with Gasteiger partial charge in [0.25, 0.3) is 0 Å². The number of rotatable bonds is 3. The van der Waals surface area contributed by atoms with Gasteiger partial charge in [-0.15, -0.1) is 9.24 Å². The molecule has 2 atom stereocenters. The Morgan fingerprint density at radius 3 is 1.75 bits per heavy atom. The highest BCUT2D eigenvalue weighted by Gasteiger charge is 1.95. The highest BCUT2D eigenvalue weighted by atomic mass is 31.0. The second-order valence-corrected chi connectivity index (χ2v) is 4.09. The summed E-state index contributed by atoms with van der Waals surface area (Å²) in [7, 11) is 2.82. The van der Waals surface area contributed by atoms with Gasteiger partial charge in [0.15, 0.2) is 0 Å². The van der Waals surface area contributed by atoms with Gasteiger partial charge in [-0.25, -0.2) is 0 Å². The van der Waals surface area contributed by atoms with Gasteiger partial charge in [0.1, 0.15) is 0 Å². The number of hydrogen-bond acceptors (Lipinski definition) is 0. The molecular formula is C7H17P. The van der Waals surface area contributed by atoms with Crippen LogP contribution in [0.15, 0.2) is 0 Å². The van der Waals surface area contributed by atoms with Crippen LogP contribution in [0.3, 0.4) is 0 Å². The van der Waals surface area contributed by atoms with Gasteiger partial charge >= 0.3 is 0 Å². The summed E-state index contributed by atoms with van der Waals surface area (Å²) in [6.45, 7) is 6.78. The Morgan fingerprint density at radius 1 is 1.12 bits per heavy atom. The van der Waals surface area contributed by atoms with Crippen molar-refractivity contribution in [3.63, 3.8) is 0 Å². The molecule has 0 radical (unpaired) electrons. The molecule has 50 valence electrons. The van der Waals surface area contributed by atoms with Crippen molar-refractivity contribution in [2.75, 3.05) is 0 Å². The molecule has 8 heavy (non-hydrogen) atoms. The van der Waals surface area contributed by atoms with Crippen molar-refractivity contribution >= 4 is 9.24 Å². The molecular weight excluding hydrogens is 115 g/mol. The van der Waals surface area contributed by atoms with Crippen LogP contribution < -0.4 is 0 Å². The minimum atomic E-state index is 0.803. The zero-order valence-corrected chi connectivity index (χ0v) is 7.30. The van der Waals surface area contributed by atoms with Gasteiger partial charge < -0.3 is 0 Å². The lowest BCUT2D eigenvalue weighted by atomic mass is 10.1. The molecule has 0 aliphatic heterocycles. The SMILES string of the molecule is CC(C)CCC(C)P. The van der Waals surface area contributed by atoms with E-state index in [1.807, 2.05) is 0 Å². The zero-order chi connectivity index (χ0) is 6.57. The fraction of sp³-hybridized carbons (Fsp3) is 1.00. The van der Waals surface area contributed by atoms with Crippen molar-refractivity contribution in [1.82, 2.24) is 0 Å². The molecule has 0 fully saturated rings. The Labute approximate surface area is 55.3 Å². The van der Waals surface area contributed by atoms with Crippen LogP contribution in [-0.2, 0) is 0 Å². The first kappa shape index (κ1) is 8.43. The second kappa shape index (κ2) is 4.32. The summed E-state index contributed by atoms with van der Waals surface area (Å²) in [5.41, 5.74) is 0.803. The van der Waals surface area contributed by atoms with Gasteiger partial charge in [-0.3, -0.25) is 0 Å². The van der Waals surface area contributed by atoms with Crippen molar-refractivity contribution in [3.8, 4) is 0 Å². The normalized spacial score (nSPS) is 14.6. The third kappa shape index (κ3) is 6.43. The molecule has 2 unspecified atom stereocenters. The molecule has 0 aromatic heterocycles. The van der Waals surface area contributed by atoms with E-state index in [-0.39, 0.29) is 0 Å². The van der Waals surface area contributed by atoms with Crippen molar-refractivity contribution in [1.29, 1.82) is 0 Å². The zero-order valence-electron chi connectivity index (χ0n) is 6.15. The van der Waals surface area contributed by atoms with Crippen molar-refractivity contribution < 1.29 is 0 Å². The molecule has 0 aromatic carbocycles. The standard InChI is InChI=1S/C7H17P/c1-6(2)4-5-7(3)8/h6-7H,4-5,8H2,1-3H3. The first-order valence-electron chi connectivity index (χ1n) is 3.38. The monoisotopic (exact) mass is 132 g/mol. The molecule has 0 nitrogen and oxygen atoms in total. The van der Waals surface area contributed by atoms with E-state index in [0.29, 0.717) is 0 Å². The van der Waals surface area contributed by atoms with E-state index < -0.39 is 0 Å². The summed E-state index contributed by atoms with van der Waals surface area (Å²) in [5, 5.41) is 0. The van der Waals surface area contributed by atoms with E-state index >= 15 is 0 Å². The third-order valence-electron chi connectivity index (χ3n) is 1.20. The lowest BCUT2D eigenvalue weighted by molar-refractivity contribution is 0.555. The molecule has 0 aliphatic carbocycles. The predicted octanol–water partition coefficient (Wildman–Crippen LogP) is 2.69. The molecule has 0 aromatic rings. The molecule has 0 aliphatic rings. The molecule has 0 amide bonds. The molecule has 1 heteroatoms. The summed E-state index contributed by atoms with van der Waals surface area (Å²) in [6, 6.07) is 0. The van der Waals surface area contributed by atoms with E-state index in [9.17, 15) is 0 Å². The van der Waals surface area contributed by atoms with Crippen LogP contribution in [0.25, 0.3) is 0 Å². The van der Waals surface area contributed by atoms with Gasteiger partial charge in [-0.2, -0.15) is 0 Å². The van der Waals surface area contributed by atoms with E-state index in [4.69, 9.17) is 0 Å². The molecule has 0 spiro atoms. The Bertz CT molecular complexity index is 40.3. The minimum absolute atomic E-state index is 0.803. The van der Waals surface area contributed by atoms with Crippen molar-refractivity contribution in [2.45, 2.75) is 39.3 Å². The quantitative estimate of drug-likeness (QED) is 0.518. The van der Waals surface area contributed by atoms with Crippen LogP contribution in [0.5, 0.6) is 0 Å². The first-order chi connectivity index (χ1) is 3.63. The van der Waals surface area contributed by atoms with Crippen LogP contribution in [0.2, 0.25) is 0 Å². The first-order valence-corrected chi connectivity index (χ1v) is 4.05. The van der Waals surface area contributed by atoms with Crippen LogP contribution in [0, 0.1) is 5.92 Å². The summed E-state index contributed by atoms with van der Waals surface area (Å²) in [6.07, 6.45) is 2.72. The Balaban J connectivity index is 2.93. The van der Waals surface area contributed by atoms with Gasteiger partial charge in [-0.1, -0.05) is 27.2 Å². The van der Waals surface area contributed by atoms with Crippen molar-refractivity contribution in [3.05, 3.63) is 0 Å². The van der Waals surface area contributed by atoms with Crippen LogP contribution >= 0.6 is 9.24 Å². The molecule has 0 saturated carbocycles. The molecule has 0 rings (SSSR count). The van der Waals surface area contributed by atoms with E-state index in [1.54, 1.807) is 0 Å². The predicted molar refractivity (Wildman–Crippen MR) is 43.2 cm³/mol. The van der Waals surface area contributed by atoms with E-state index in [1.165, 1.54) is 12.8 Å². The van der Waals surface area contributed by atoms with Gasteiger partial charge in [0.2, 0.25) is 0 Å². The minimum Gasteiger partial charge on any atom is -0.135 e. The van der Waals surface area contributed by atoms with Crippen LogP contribution in [0.1, 0.15) is 33.6 Å². The second-order valence-electron chi connectivity index (χ2n) is 2.95. The average molecular weight is 132 g/mol. The Morgan fingerprint density at radius 2 is 1.62 bits per heavy atom. The van der Waals surface area contributed by atoms with Crippen molar-refractivity contribution in [2.24, 2.45) is 5.92 Å². The van der Waals surface area contributed by atoms with Gasteiger partial charge in [-0.05, 0) is 18.0 Å². The van der Waals surface area contributed by atoms with Gasteiger partial charge in [0, 0.05) is 0 Å². The Kier molecular flexibility index (Phi) is 4.56. The summed E-state index contributed by atoms with van der Waals surface area (Å²) >= 11 is 0. The van der Waals surface area contributed by atoms with Crippen LogP contribution in [0.4, 0.5) is 0 Å². The molecule has 0 heterocycles. The summed E-state index contributed by atoms with van der Waals surface area (Å²) < 4.78 is 0. The lowest BCUT2D eigenvalue weighted by Crippen LogP contribution is -1.93. The summed E-state index contributed by atoms with van der Waals surface area (Å²) in [4.78, 5) is 0. The maximum atomic E-state index is 2.82. The van der Waals surface area contributed by atoms with Crippen LogP contribution in [-0.4, -0.2) is 5.66 Å². The fourth-order valence-electron chi connectivity index (χ4n) is 0.596. The smallest absolute Gasteiger partial charge is 0.0293 e. The summed E-state index contributed by atoms with van der Waals surface area (Å²) in [5.74, 6) is 0.873. The van der Waals surface area contributed by atoms with E-state index in [2.05, 4.69) is 30.0 Å². The maximum absolute atomic E-state index is 2.82. The highest BCUT2D eigenvalue weighted by Crippen LogP contribution is 2.11. The number of hydrogen-bond donors (Lipinski definition) is 0. The third-order valence-corrected chi connectivity index (χ3v) is 1.53. The topological polar surface area (TPSA) is 0 Å². The Hall–Kier alpha value is 0.430. The van der Waals surface area contributed by atoms with E-state index in [0.717, 1.165) is 11.6 Å². The lowest BCUT2D eigenvalue weighted by Gasteiger charge is -2.05. The fourth-order valence-corrected chi connectivity index (χ4v) is 0.789. The van der Waals surface area contributed by atoms with Gasteiger partial charge in [0.05, 0.1) is 0 Å².